The maximum absolute atomic E-state index is 5.88. The predicted octanol–water partition coefficient (Wildman–Crippen LogP) is 3.67. The molecule has 2 aromatic carbocycles. The van der Waals surface area contributed by atoms with Crippen molar-refractivity contribution in [3.05, 3.63) is 71.8 Å². The van der Waals surface area contributed by atoms with Crippen molar-refractivity contribution in [3.63, 3.8) is 0 Å². The summed E-state index contributed by atoms with van der Waals surface area (Å²) in [7, 11) is 0. The molecule has 2 atom stereocenters. The Bertz CT molecular complexity index is 477. The molecule has 1 aliphatic rings. The number of ether oxygens (including phenoxy) is 1. The number of rotatable bonds is 2. The Labute approximate surface area is 95.7 Å². The van der Waals surface area contributed by atoms with Gasteiger partial charge in [-0.1, -0.05) is 60.7 Å². The summed E-state index contributed by atoms with van der Waals surface area (Å²) < 4.78 is 5.88. The molecule has 1 heteroatoms. The van der Waals surface area contributed by atoms with E-state index in [2.05, 4.69) is 55.5 Å². The topological polar surface area (TPSA) is 12.5 Å². The summed E-state index contributed by atoms with van der Waals surface area (Å²) in [4.78, 5) is 0. The maximum Gasteiger partial charge on any atom is 0.122 e. The van der Waals surface area contributed by atoms with E-state index in [0.717, 1.165) is 0 Å². The largest absolute Gasteiger partial charge is 0.356 e. The van der Waals surface area contributed by atoms with Crippen LogP contribution in [0.3, 0.4) is 0 Å². The first-order valence-corrected chi connectivity index (χ1v) is 5.59. The van der Waals surface area contributed by atoms with Crippen molar-refractivity contribution in [3.8, 4) is 0 Å². The fourth-order valence-electron chi connectivity index (χ4n) is 2.21. The highest BCUT2D eigenvalue weighted by atomic mass is 16.6. The van der Waals surface area contributed by atoms with Gasteiger partial charge in [0.05, 0.1) is 0 Å². The average molecular weight is 210 g/mol. The molecule has 16 heavy (non-hydrogen) atoms. The Morgan fingerprint density at radius 1 is 0.875 bits per heavy atom. The van der Waals surface area contributed by atoms with Gasteiger partial charge in [0.25, 0.3) is 0 Å². The fourth-order valence-corrected chi connectivity index (χ4v) is 2.21. The van der Waals surface area contributed by atoms with Crippen molar-refractivity contribution in [1.29, 1.82) is 0 Å². The monoisotopic (exact) mass is 210 g/mol. The summed E-state index contributed by atoms with van der Waals surface area (Å²) in [5.74, 6) is 0. The van der Waals surface area contributed by atoms with Crippen LogP contribution in [-0.4, -0.2) is 0 Å². The lowest BCUT2D eigenvalue weighted by atomic mass is 9.94. The third-order valence-corrected chi connectivity index (χ3v) is 3.26. The van der Waals surface area contributed by atoms with Crippen molar-refractivity contribution in [1.82, 2.24) is 0 Å². The van der Waals surface area contributed by atoms with Gasteiger partial charge in [0.2, 0.25) is 0 Å². The normalized spacial score (nSPS) is 27.7. The van der Waals surface area contributed by atoms with E-state index < -0.39 is 0 Å². The van der Waals surface area contributed by atoms with Gasteiger partial charge in [-0.2, -0.15) is 0 Å². The van der Waals surface area contributed by atoms with E-state index in [1.165, 1.54) is 11.1 Å². The van der Waals surface area contributed by atoms with Crippen LogP contribution in [0.5, 0.6) is 0 Å². The molecule has 0 amide bonds. The second-order valence-corrected chi connectivity index (χ2v) is 4.38. The summed E-state index contributed by atoms with van der Waals surface area (Å²) in [6.45, 7) is 2.15. The lowest BCUT2D eigenvalue weighted by Gasteiger charge is -2.06. The van der Waals surface area contributed by atoms with Crippen LogP contribution in [0, 0.1) is 0 Å². The fraction of sp³-hybridized carbons (Fsp3) is 0.200. The van der Waals surface area contributed by atoms with Crippen LogP contribution in [-0.2, 0) is 10.3 Å². The zero-order valence-corrected chi connectivity index (χ0v) is 9.26. The quantitative estimate of drug-likeness (QED) is 0.689. The van der Waals surface area contributed by atoms with Crippen LogP contribution in [0.4, 0.5) is 0 Å². The molecule has 0 N–H and O–H groups in total. The molecule has 0 spiro atoms. The molecule has 1 aliphatic heterocycles. The molecule has 1 nitrogen and oxygen atoms in total. The van der Waals surface area contributed by atoms with Crippen LogP contribution in [0.25, 0.3) is 0 Å². The van der Waals surface area contributed by atoms with Gasteiger partial charge in [-0.3, -0.25) is 0 Å². The third-order valence-electron chi connectivity index (χ3n) is 3.26. The summed E-state index contributed by atoms with van der Waals surface area (Å²) in [6.07, 6.45) is 0.205. The highest BCUT2D eigenvalue weighted by Gasteiger charge is 2.54. The van der Waals surface area contributed by atoms with Gasteiger partial charge in [-0.25, -0.2) is 0 Å². The zero-order valence-electron chi connectivity index (χ0n) is 9.26. The molecule has 2 aromatic rings. The van der Waals surface area contributed by atoms with E-state index in [0.29, 0.717) is 0 Å². The first-order chi connectivity index (χ1) is 7.81. The zero-order chi connectivity index (χ0) is 11.0. The first kappa shape index (κ1) is 9.61. The van der Waals surface area contributed by atoms with E-state index in [1.54, 1.807) is 0 Å². The summed E-state index contributed by atoms with van der Waals surface area (Å²) >= 11 is 0. The van der Waals surface area contributed by atoms with Crippen molar-refractivity contribution in [2.45, 2.75) is 18.6 Å². The average Bonchev–Trinajstić information content (AvgIpc) is 3.06. The lowest BCUT2D eigenvalue weighted by molar-refractivity contribution is 0.313. The SMILES string of the molecule is CC1(c2ccccc2)OC1c1ccccc1. The summed E-state index contributed by atoms with van der Waals surface area (Å²) in [6, 6.07) is 20.8. The molecule has 0 radical (unpaired) electrons. The summed E-state index contributed by atoms with van der Waals surface area (Å²) in [5.41, 5.74) is 2.38. The molecule has 0 aromatic heterocycles. The van der Waals surface area contributed by atoms with Gasteiger partial charge in [-0.15, -0.1) is 0 Å². The van der Waals surface area contributed by atoms with Crippen LogP contribution >= 0.6 is 0 Å². The minimum atomic E-state index is -0.136. The van der Waals surface area contributed by atoms with E-state index in [1.807, 2.05) is 12.1 Å². The Balaban J connectivity index is 1.90. The Hall–Kier alpha value is -1.60. The van der Waals surface area contributed by atoms with Gasteiger partial charge < -0.3 is 4.74 Å². The first-order valence-electron chi connectivity index (χ1n) is 5.59. The van der Waals surface area contributed by atoms with E-state index in [-0.39, 0.29) is 11.7 Å². The molecule has 1 fully saturated rings. The maximum atomic E-state index is 5.88. The van der Waals surface area contributed by atoms with Crippen molar-refractivity contribution in [2.75, 3.05) is 0 Å². The van der Waals surface area contributed by atoms with Crippen LogP contribution in [0.15, 0.2) is 60.7 Å². The van der Waals surface area contributed by atoms with Gasteiger partial charge >= 0.3 is 0 Å². The second kappa shape index (κ2) is 3.46. The Kier molecular flexibility index (Phi) is 2.08. The van der Waals surface area contributed by atoms with Crippen LogP contribution in [0.2, 0.25) is 0 Å². The smallest absolute Gasteiger partial charge is 0.122 e. The van der Waals surface area contributed by atoms with Gasteiger partial charge in [0.1, 0.15) is 11.7 Å². The Morgan fingerprint density at radius 3 is 2.06 bits per heavy atom. The number of benzene rings is 2. The third kappa shape index (κ3) is 1.44. The molecule has 0 saturated carbocycles. The van der Waals surface area contributed by atoms with Gasteiger partial charge in [0.15, 0.2) is 0 Å². The van der Waals surface area contributed by atoms with Crippen molar-refractivity contribution >= 4 is 0 Å². The van der Waals surface area contributed by atoms with Gasteiger partial charge in [0, 0.05) is 0 Å². The number of hydrogen-bond acceptors (Lipinski definition) is 1. The lowest BCUT2D eigenvalue weighted by Crippen LogP contribution is -2.03. The Morgan fingerprint density at radius 2 is 1.44 bits per heavy atom. The van der Waals surface area contributed by atoms with E-state index in [4.69, 9.17) is 4.74 Å². The number of epoxide rings is 1. The minimum absolute atomic E-state index is 0.136. The van der Waals surface area contributed by atoms with Crippen molar-refractivity contribution < 1.29 is 4.74 Å². The predicted molar refractivity (Wildman–Crippen MR) is 64.1 cm³/mol. The van der Waals surface area contributed by atoms with Gasteiger partial charge in [-0.05, 0) is 18.1 Å². The standard InChI is InChI=1S/C15H14O/c1-15(13-10-6-3-7-11-13)14(16-15)12-8-4-2-5-9-12/h2-11,14H,1H3. The molecule has 1 saturated heterocycles. The summed E-state index contributed by atoms with van der Waals surface area (Å²) in [5, 5.41) is 0. The van der Waals surface area contributed by atoms with Crippen LogP contribution in [0.1, 0.15) is 24.2 Å². The van der Waals surface area contributed by atoms with E-state index in [9.17, 15) is 0 Å². The number of hydrogen-bond donors (Lipinski definition) is 0. The molecule has 0 aliphatic carbocycles. The molecule has 3 rings (SSSR count). The highest BCUT2D eigenvalue weighted by molar-refractivity contribution is 5.34. The molecular formula is C15H14O. The minimum Gasteiger partial charge on any atom is -0.356 e. The molecular weight excluding hydrogens is 196 g/mol. The molecule has 0 bridgehead atoms. The molecule has 2 unspecified atom stereocenters. The second-order valence-electron chi connectivity index (χ2n) is 4.38. The van der Waals surface area contributed by atoms with Crippen LogP contribution < -0.4 is 0 Å². The molecule has 1 heterocycles. The van der Waals surface area contributed by atoms with E-state index >= 15 is 0 Å². The highest BCUT2D eigenvalue weighted by Crippen LogP contribution is 2.56. The van der Waals surface area contributed by atoms with Crippen molar-refractivity contribution in [2.24, 2.45) is 0 Å². The molecule has 80 valence electrons.